The van der Waals surface area contributed by atoms with Crippen molar-refractivity contribution in [2.75, 3.05) is 13.1 Å². The molecular formula is C15H26N2. The summed E-state index contributed by atoms with van der Waals surface area (Å²) in [5.74, 6) is 0. The van der Waals surface area contributed by atoms with Gasteiger partial charge in [-0.3, -0.25) is 0 Å². The van der Waals surface area contributed by atoms with Gasteiger partial charge in [-0.2, -0.15) is 5.26 Å². The third kappa shape index (κ3) is 6.48. The molecule has 2 nitrogen and oxygen atoms in total. The van der Waals surface area contributed by atoms with Gasteiger partial charge in [-0.05, 0) is 71.9 Å². The highest BCUT2D eigenvalue weighted by Gasteiger charge is 2.15. The Kier molecular flexibility index (Phi) is 6.29. The van der Waals surface area contributed by atoms with E-state index >= 15 is 0 Å². The van der Waals surface area contributed by atoms with Gasteiger partial charge in [-0.15, -0.1) is 0 Å². The SMILES string of the molecule is CC(C)(C#N)CCCNCCC1=CCCCC1. The highest BCUT2D eigenvalue weighted by molar-refractivity contribution is 5.05. The summed E-state index contributed by atoms with van der Waals surface area (Å²) in [6.07, 6.45) is 11.1. The lowest BCUT2D eigenvalue weighted by Gasteiger charge is -2.15. The average Bonchev–Trinajstić information content (AvgIpc) is 2.35. The Balaban J connectivity index is 1.98. The van der Waals surface area contributed by atoms with Crippen molar-refractivity contribution in [2.45, 2.75) is 58.8 Å². The Morgan fingerprint density at radius 2 is 2.18 bits per heavy atom. The molecule has 17 heavy (non-hydrogen) atoms. The predicted octanol–water partition coefficient (Wildman–Crippen LogP) is 3.80. The summed E-state index contributed by atoms with van der Waals surface area (Å²) in [4.78, 5) is 0. The van der Waals surface area contributed by atoms with Gasteiger partial charge in [0.1, 0.15) is 0 Å². The summed E-state index contributed by atoms with van der Waals surface area (Å²) in [7, 11) is 0. The first-order valence-electron chi connectivity index (χ1n) is 6.94. The molecule has 0 saturated carbocycles. The topological polar surface area (TPSA) is 35.8 Å². The number of rotatable bonds is 7. The molecule has 0 bridgehead atoms. The van der Waals surface area contributed by atoms with Gasteiger partial charge in [-0.1, -0.05) is 11.6 Å². The normalized spacial score (nSPS) is 16.4. The minimum atomic E-state index is -0.159. The lowest BCUT2D eigenvalue weighted by atomic mass is 9.90. The van der Waals surface area contributed by atoms with E-state index in [0.717, 1.165) is 25.9 Å². The third-order valence-corrected chi connectivity index (χ3v) is 3.47. The van der Waals surface area contributed by atoms with Crippen LogP contribution in [0.25, 0.3) is 0 Å². The summed E-state index contributed by atoms with van der Waals surface area (Å²) >= 11 is 0. The number of hydrogen-bond acceptors (Lipinski definition) is 2. The van der Waals surface area contributed by atoms with Crippen LogP contribution in [0, 0.1) is 16.7 Å². The summed E-state index contributed by atoms with van der Waals surface area (Å²) in [5.41, 5.74) is 1.48. The second-order valence-corrected chi connectivity index (χ2v) is 5.71. The maximum atomic E-state index is 8.89. The summed E-state index contributed by atoms with van der Waals surface area (Å²) < 4.78 is 0. The molecular weight excluding hydrogens is 208 g/mol. The molecule has 0 amide bonds. The van der Waals surface area contributed by atoms with Crippen molar-refractivity contribution in [3.63, 3.8) is 0 Å². The van der Waals surface area contributed by atoms with E-state index in [2.05, 4.69) is 17.5 Å². The zero-order chi connectivity index (χ0) is 12.6. The first kappa shape index (κ1) is 14.3. The largest absolute Gasteiger partial charge is 0.316 e. The van der Waals surface area contributed by atoms with Crippen LogP contribution in [0.1, 0.15) is 58.8 Å². The molecule has 0 spiro atoms. The monoisotopic (exact) mass is 234 g/mol. The van der Waals surface area contributed by atoms with Gasteiger partial charge < -0.3 is 5.32 Å². The van der Waals surface area contributed by atoms with E-state index in [1.54, 1.807) is 5.57 Å². The van der Waals surface area contributed by atoms with Crippen LogP contribution in [0.3, 0.4) is 0 Å². The van der Waals surface area contributed by atoms with Crippen molar-refractivity contribution in [2.24, 2.45) is 5.41 Å². The van der Waals surface area contributed by atoms with Gasteiger partial charge in [0.15, 0.2) is 0 Å². The first-order valence-corrected chi connectivity index (χ1v) is 6.94. The third-order valence-electron chi connectivity index (χ3n) is 3.47. The summed E-state index contributed by atoms with van der Waals surface area (Å²) in [5, 5.41) is 12.4. The molecule has 0 atom stereocenters. The number of allylic oxidation sites excluding steroid dienone is 1. The standard InChI is InChI=1S/C15H26N2/c1-15(2,13-16)10-6-11-17-12-9-14-7-4-3-5-8-14/h7,17H,3-6,8-12H2,1-2H3. The Morgan fingerprint density at radius 1 is 1.35 bits per heavy atom. The van der Waals surface area contributed by atoms with Crippen molar-refractivity contribution in [3.05, 3.63) is 11.6 Å². The zero-order valence-electron chi connectivity index (χ0n) is 11.4. The van der Waals surface area contributed by atoms with Gasteiger partial charge >= 0.3 is 0 Å². The van der Waals surface area contributed by atoms with Crippen molar-refractivity contribution in [1.29, 1.82) is 5.26 Å². The Morgan fingerprint density at radius 3 is 2.82 bits per heavy atom. The van der Waals surface area contributed by atoms with Crippen LogP contribution in [0.15, 0.2) is 11.6 Å². The molecule has 0 aromatic heterocycles. The van der Waals surface area contributed by atoms with Crippen LogP contribution in [0.4, 0.5) is 0 Å². The van der Waals surface area contributed by atoms with Crippen LogP contribution in [-0.4, -0.2) is 13.1 Å². The smallest absolute Gasteiger partial charge is 0.0683 e. The number of hydrogen-bond donors (Lipinski definition) is 1. The van der Waals surface area contributed by atoms with Crippen LogP contribution in [-0.2, 0) is 0 Å². The molecule has 1 aliphatic rings. The molecule has 0 saturated heterocycles. The van der Waals surface area contributed by atoms with E-state index < -0.39 is 0 Å². The van der Waals surface area contributed by atoms with Crippen LogP contribution in [0.5, 0.6) is 0 Å². The molecule has 0 unspecified atom stereocenters. The van der Waals surface area contributed by atoms with Crippen LogP contribution < -0.4 is 5.32 Å². The van der Waals surface area contributed by atoms with Crippen molar-refractivity contribution in [3.8, 4) is 6.07 Å². The molecule has 1 N–H and O–H groups in total. The Labute approximate surface area is 106 Å². The highest BCUT2D eigenvalue weighted by Crippen LogP contribution is 2.20. The van der Waals surface area contributed by atoms with Gasteiger partial charge in [-0.25, -0.2) is 0 Å². The maximum absolute atomic E-state index is 8.89. The minimum absolute atomic E-state index is 0.159. The molecule has 2 heteroatoms. The Bertz CT molecular complexity index is 284. The molecule has 1 rings (SSSR count). The number of nitrogens with one attached hydrogen (secondary N) is 1. The van der Waals surface area contributed by atoms with Crippen molar-refractivity contribution < 1.29 is 0 Å². The number of nitrogens with zero attached hydrogens (tertiary/aromatic N) is 1. The molecule has 0 heterocycles. The van der Waals surface area contributed by atoms with Gasteiger partial charge in [0.25, 0.3) is 0 Å². The van der Waals surface area contributed by atoms with E-state index in [4.69, 9.17) is 5.26 Å². The van der Waals surface area contributed by atoms with Gasteiger partial charge in [0.05, 0.1) is 11.5 Å². The molecule has 0 aromatic carbocycles. The summed E-state index contributed by atoms with van der Waals surface area (Å²) in [6, 6.07) is 2.35. The van der Waals surface area contributed by atoms with Crippen LogP contribution >= 0.6 is 0 Å². The van der Waals surface area contributed by atoms with E-state index in [1.807, 2.05) is 13.8 Å². The van der Waals surface area contributed by atoms with Gasteiger partial charge in [0.2, 0.25) is 0 Å². The molecule has 96 valence electrons. The molecule has 0 aromatic rings. The number of nitriles is 1. The fourth-order valence-electron chi connectivity index (χ4n) is 2.22. The lowest BCUT2D eigenvalue weighted by molar-refractivity contribution is 0.426. The summed E-state index contributed by atoms with van der Waals surface area (Å²) in [6.45, 7) is 6.16. The molecule has 0 radical (unpaired) electrons. The quantitative estimate of drug-likeness (QED) is 0.537. The van der Waals surface area contributed by atoms with Crippen molar-refractivity contribution >= 4 is 0 Å². The predicted molar refractivity (Wildman–Crippen MR) is 72.7 cm³/mol. The van der Waals surface area contributed by atoms with Crippen LogP contribution in [0.2, 0.25) is 0 Å². The van der Waals surface area contributed by atoms with E-state index in [-0.39, 0.29) is 5.41 Å². The second kappa shape index (κ2) is 7.50. The van der Waals surface area contributed by atoms with E-state index in [9.17, 15) is 0 Å². The molecule has 0 aliphatic heterocycles. The Hall–Kier alpha value is -0.810. The highest BCUT2D eigenvalue weighted by atomic mass is 14.8. The maximum Gasteiger partial charge on any atom is 0.0683 e. The van der Waals surface area contributed by atoms with E-state index in [0.29, 0.717) is 0 Å². The first-order chi connectivity index (χ1) is 8.14. The molecule has 0 fully saturated rings. The van der Waals surface area contributed by atoms with E-state index in [1.165, 1.54) is 32.1 Å². The average molecular weight is 234 g/mol. The fraction of sp³-hybridized carbons (Fsp3) is 0.800. The zero-order valence-corrected chi connectivity index (χ0v) is 11.4. The van der Waals surface area contributed by atoms with Gasteiger partial charge in [0, 0.05) is 0 Å². The molecule has 1 aliphatic carbocycles. The fourth-order valence-corrected chi connectivity index (χ4v) is 2.22. The lowest BCUT2D eigenvalue weighted by Crippen LogP contribution is -2.19. The minimum Gasteiger partial charge on any atom is -0.316 e. The second-order valence-electron chi connectivity index (χ2n) is 5.71. The van der Waals surface area contributed by atoms with Crippen molar-refractivity contribution in [1.82, 2.24) is 5.32 Å².